The van der Waals surface area contributed by atoms with E-state index in [9.17, 15) is 0 Å². The van der Waals surface area contributed by atoms with Crippen LogP contribution in [0.15, 0.2) is 42.5 Å². The lowest BCUT2D eigenvalue weighted by atomic mass is 10.1. The Kier molecular flexibility index (Phi) is 4.16. The monoisotopic (exact) mass is 284 g/mol. The third kappa shape index (κ3) is 2.93. The Balaban J connectivity index is 1.80. The lowest BCUT2D eigenvalue weighted by Gasteiger charge is -2.24. The molecule has 0 radical (unpaired) electrons. The standard InChI is InChI=1S/C17H20N2S/c20-17(19-12-5-1-2-6-13-19)18-16-11-7-9-14-8-3-4-10-15(14)16/h3-4,7-11H,1-2,5-6,12-13H2,(H,18,20). The largest absolute Gasteiger partial charge is 0.349 e. The Morgan fingerprint density at radius 1 is 0.900 bits per heavy atom. The van der Waals surface area contributed by atoms with Crippen LogP contribution in [0.3, 0.4) is 0 Å². The first-order valence-corrected chi connectivity index (χ1v) is 7.79. The fourth-order valence-electron chi connectivity index (χ4n) is 2.80. The number of hydrogen-bond donors (Lipinski definition) is 1. The van der Waals surface area contributed by atoms with Gasteiger partial charge in [-0.1, -0.05) is 49.2 Å². The van der Waals surface area contributed by atoms with E-state index in [1.807, 2.05) is 0 Å². The number of nitrogens with one attached hydrogen (secondary N) is 1. The molecule has 3 rings (SSSR count). The molecule has 20 heavy (non-hydrogen) atoms. The maximum atomic E-state index is 5.59. The zero-order valence-electron chi connectivity index (χ0n) is 11.6. The zero-order chi connectivity index (χ0) is 13.8. The first-order chi connectivity index (χ1) is 9.84. The van der Waals surface area contributed by atoms with Crippen molar-refractivity contribution < 1.29 is 0 Å². The molecule has 0 aliphatic carbocycles. The molecule has 104 valence electrons. The van der Waals surface area contributed by atoms with Crippen LogP contribution >= 0.6 is 12.2 Å². The SMILES string of the molecule is S=C(Nc1cccc2ccccc12)N1CCCCCC1. The summed E-state index contributed by atoms with van der Waals surface area (Å²) < 4.78 is 0. The summed E-state index contributed by atoms with van der Waals surface area (Å²) in [6.45, 7) is 2.16. The van der Waals surface area contributed by atoms with Gasteiger partial charge in [0, 0.05) is 24.2 Å². The number of nitrogens with zero attached hydrogens (tertiary/aromatic N) is 1. The van der Waals surface area contributed by atoms with E-state index in [4.69, 9.17) is 12.2 Å². The van der Waals surface area contributed by atoms with E-state index in [-0.39, 0.29) is 0 Å². The molecule has 1 fully saturated rings. The Labute approximate surface area is 125 Å². The number of hydrogen-bond acceptors (Lipinski definition) is 1. The van der Waals surface area contributed by atoms with Gasteiger partial charge < -0.3 is 10.2 Å². The lowest BCUT2D eigenvalue weighted by molar-refractivity contribution is 0.441. The molecule has 2 aromatic rings. The second kappa shape index (κ2) is 6.23. The van der Waals surface area contributed by atoms with E-state index in [1.54, 1.807) is 0 Å². The van der Waals surface area contributed by atoms with Gasteiger partial charge >= 0.3 is 0 Å². The van der Waals surface area contributed by atoms with Crippen molar-refractivity contribution in [2.45, 2.75) is 25.7 Å². The van der Waals surface area contributed by atoms with Gasteiger partial charge in [0.2, 0.25) is 0 Å². The van der Waals surface area contributed by atoms with Crippen LogP contribution in [0.4, 0.5) is 5.69 Å². The van der Waals surface area contributed by atoms with Gasteiger partial charge in [-0.2, -0.15) is 0 Å². The lowest BCUT2D eigenvalue weighted by Crippen LogP contribution is -2.35. The van der Waals surface area contributed by atoms with Crippen molar-refractivity contribution in [1.82, 2.24) is 4.90 Å². The smallest absolute Gasteiger partial charge is 0.173 e. The first-order valence-electron chi connectivity index (χ1n) is 7.38. The minimum Gasteiger partial charge on any atom is -0.349 e. The molecule has 1 heterocycles. The Bertz CT molecular complexity index is 595. The molecule has 1 saturated heterocycles. The average molecular weight is 284 g/mol. The highest BCUT2D eigenvalue weighted by atomic mass is 32.1. The third-order valence-corrected chi connectivity index (χ3v) is 4.28. The number of likely N-dealkylation sites (tertiary alicyclic amines) is 1. The quantitative estimate of drug-likeness (QED) is 0.781. The minimum absolute atomic E-state index is 0.864. The third-order valence-electron chi connectivity index (χ3n) is 3.92. The zero-order valence-corrected chi connectivity index (χ0v) is 12.5. The molecule has 1 N–H and O–H groups in total. The number of benzene rings is 2. The Morgan fingerprint density at radius 3 is 2.40 bits per heavy atom. The van der Waals surface area contributed by atoms with Gasteiger partial charge in [0.15, 0.2) is 5.11 Å². The molecule has 0 bridgehead atoms. The number of anilines is 1. The van der Waals surface area contributed by atoms with Crippen LogP contribution < -0.4 is 5.32 Å². The van der Waals surface area contributed by atoms with Gasteiger partial charge in [0.25, 0.3) is 0 Å². The van der Waals surface area contributed by atoms with Crippen LogP contribution in [0.1, 0.15) is 25.7 Å². The molecule has 0 saturated carbocycles. The summed E-state index contributed by atoms with van der Waals surface area (Å²) in [6.07, 6.45) is 5.15. The van der Waals surface area contributed by atoms with E-state index < -0.39 is 0 Å². The summed E-state index contributed by atoms with van der Waals surface area (Å²) in [6, 6.07) is 14.7. The van der Waals surface area contributed by atoms with E-state index in [1.165, 1.54) is 36.5 Å². The highest BCUT2D eigenvalue weighted by Crippen LogP contribution is 2.23. The minimum atomic E-state index is 0.864. The van der Waals surface area contributed by atoms with Crippen molar-refractivity contribution in [3.8, 4) is 0 Å². The van der Waals surface area contributed by atoms with Crippen molar-refractivity contribution in [1.29, 1.82) is 0 Å². The summed E-state index contributed by atoms with van der Waals surface area (Å²) in [5.41, 5.74) is 1.11. The van der Waals surface area contributed by atoms with Crippen LogP contribution in [0.5, 0.6) is 0 Å². The predicted molar refractivity (Wildman–Crippen MR) is 90.2 cm³/mol. The predicted octanol–water partition coefficient (Wildman–Crippen LogP) is 4.41. The molecule has 0 atom stereocenters. The van der Waals surface area contributed by atoms with Crippen molar-refractivity contribution >= 4 is 33.8 Å². The van der Waals surface area contributed by atoms with Crippen LogP contribution in [-0.4, -0.2) is 23.1 Å². The maximum Gasteiger partial charge on any atom is 0.173 e. The van der Waals surface area contributed by atoms with Crippen molar-refractivity contribution in [3.63, 3.8) is 0 Å². The van der Waals surface area contributed by atoms with Crippen molar-refractivity contribution in [2.75, 3.05) is 18.4 Å². The maximum absolute atomic E-state index is 5.59. The fraction of sp³-hybridized carbons (Fsp3) is 0.353. The molecule has 1 aliphatic heterocycles. The molecule has 3 heteroatoms. The molecular weight excluding hydrogens is 264 g/mol. The van der Waals surface area contributed by atoms with E-state index in [0.717, 1.165) is 23.9 Å². The van der Waals surface area contributed by atoms with E-state index in [0.29, 0.717) is 0 Å². The second-order valence-corrected chi connectivity index (χ2v) is 5.74. The molecule has 0 amide bonds. The summed E-state index contributed by atoms with van der Waals surface area (Å²) in [4.78, 5) is 2.31. The molecule has 2 nitrogen and oxygen atoms in total. The van der Waals surface area contributed by atoms with Crippen molar-refractivity contribution in [3.05, 3.63) is 42.5 Å². The van der Waals surface area contributed by atoms with Gasteiger partial charge in [0.1, 0.15) is 0 Å². The summed E-state index contributed by atoms with van der Waals surface area (Å²) in [5.74, 6) is 0. The summed E-state index contributed by atoms with van der Waals surface area (Å²) in [7, 11) is 0. The Morgan fingerprint density at radius 2 is 1.60 bits per heavy atom. The number of thiocarbonyl (C=S) groups is 1. The van der Waals surface area contributed by atoms with Crippen molar-refractivity contribution in [2.24, 2.45) is 0 Å². The molecular formula is C17H20N2S. The highest BCUT2D eigenvalue weighted by molar-refractivity contribution is 7.80. The Hall–Kier alpha value is -1.61. The topological polar surface area (TPSA) is 15.3 Å². The van der Waals surface area contributed by atoms with Gasteiger partial charge in [0.05, 0.1) is 0 Å². The van der Waals surface area contributed by atoms with Gasteiger partial charge in [-0.05, 0) is 36.5 Å². The summed E-state index contributed by atoms with van der Waals surface area (Å²) in [5, 5.41) is 6.78. The first kappa shape index (κ1) is 13.4. The van der Waals surface area contributed by atoms with Crippen LogP contribution in [0.2, 0.25) is 0 Å². The molecule has 1 aliphatic rings. The normalized spacial score (nSPS) is 15.9. The van der Waals surface area contributed by atoms with Crippen LogP contribution in [0.25, 0.3) is 10.8 Å². The molecule has 0 aromatic heterocycles. The van der Waals surface area contributed by atoms with Gasteiger partial charge in [-0.3, -0.25) is 0 Å². The second-order valence-electron chi connectivity index (χ2n) is 5.36. The van der Waals surface area contributed by atoms with E-state index >= 15 is 0 Å². The summed E-state index contributed by atoms with van der Waals surface area (Å²) >= 11 is 5.59. The highest BCUT2D eigenvalue weighted by Gasteiger charge is 2.13. The molecule has 2 aromatic carbocycles. The number of rotatable bonds is 1. The van der Waals surface area contributed by atoms with Crippen LogP contribution in [-0.2, 0) is 0 Å². The fourth-order valence-corrected chi connectivity index (χ4v) is 3.09. The molecule has 0 spiro atoms. The van der Waals surface area contributed by atoms with Gasteiger partial charge in [-0.15, -0.1) is 0 Å². The number of fused-ring (bicyclic) bond motifs is 1. The van der Waals surface area contributed by atoms with Gasteiger partial charge in [-0.25, -0.2) is 0 Å². The average Bonchev–Trinajstić information content (AvgIpc) is 2.77. The molecule has 0 unspecified atom stereocenters. The van der Waals surface area contributed by atoms with E-state index in [2.05, 4.69) is 52.7 Å². The van der Waals surface area contributed by atoms with Crippen LogP contribution in [0, 0.1) is 0 Å².